The number of nitrogens with zero attached hydrogens (tertiary/aromatic N) is 1. The number of carbonyl (C=O) groups excluding carboxylic acids is 1. The topological polar surface area (TPSA) is 55.6 Å². The highest BCUT2D eigenvalue weighted by Crippen LogP contribution is 2.12. The van der Waals surface area contributed by atoms with E-state index in [-0.39, 0.29) is 11.8 Å². The van der Waals surface area contributed by atoms with Gasteiger partial charge in [-0.1, -0.05) is 32.4 Å². The van der Waals surface area contributed by atoms with Gasteiger partial charge in [-0.05, 0) is 30.5 Å². The Morgan fingerprint density at radius 1 is 1.45 bits per heavy atom. The van der Waals surface area contributed by atoms with E-state index >= 15 is 0 Å². The van der Waals surface area contributed by atoms with Crippen molar-refractivity contribution in [3.63, 3.8) is 0 Å². The minimum Gasteiger partial charge on any atom is -0.492 e. The van der Waals surface area contributed by atoms with E-state index in [0.29, 0.717) is 13.2 Å². The molecule has 2 N–H and O–H groups in total. The molecular formula is C16H26N2O2. The van der Waals surface area contributed by atoms with Gasteiger partial charge in [-0.15, -0.1) is 0 Å². The Morgan fingerprint density at radius 2 is 2.15 bits per heavy atom. The van der Waals surface area contributed by atoms with E-state index in [4.69, 9.17) is 10.5 Å². The fourth-order valence-corrected chi connectivity index (χ4v) is 1.87. The van der Waals surface area contributed by atoms with Crippen molar-refractivity contribution in [2.45, 2.75) is 33.2 Å². The van der Waals surface area contributed by atoms with Crippen molar-refractivity contribution >= 4 is 5.91 Å². The molecule has 0 saturated heterocycles. The molecular weight excluding hydrogens is 252 g/mol. The van der Waals surface area contributed by atoms with Gasteiger partial charge in [-0.2, -0.15) is 0 Å². The highest BCUT2D eigenvalue weighted by atomic mass is 16.5. The summed E-state index contributed by atoms with van der Waals surface area (Å²) in [4.78, 5) is 13.7. The third kappa shape index (κ3) is 4.85. The molecule has 2 atom stereocenters. The summed E-state index contributed by atoms with van der Waals surface area (Å²) in [5.41, 5.74) is 7.10. The summed E-state index contributed by atoms with van der Waals surface area (Å²) in [7, 11) is 1.77. The van der Waals surface area contributed by atoms with Crippen LogP contribution in [0.1, 0.15) is 25.8 Å². The lowest BCUT2D eigenvalue weighted by Crippen LogP contribution is -2.46. The Bertz CT molecular complexity index is 434. The molecule has 0 aromatic heterocycles. The van der Waals surface area contributed by atoms with Gasteiger partial charge < -0.3 is 15.4 Å². The fourth-order valence-electron chi connectivity index (χ4n) is 1.87. The zero-order valence-electron chi connectivity index (χ0n) is 12.9. The molecule has 0 saturated carbocycles. The number of ether oxygens (including phenoxy) is 1. The summed E-state index contributed by atoms with van der Waals surface area (Å²) >= 11 is 0. The third-order valence-corrected chi connectivity index (χ3v) is 3.60. The van der Waals surface area contributed by atoms with Crippen molar-refractivity contribution in [3.8, 4) is 5.75 Å². The normalized spacial score (nSPS) is 13.7. The molecule has 0 heterocycles. The second kappa shape index (κ2) is 7.90. The average molecular weight is 278 g/mol. The molecule has 112 valence electrons. The highest BCUT2D eigenvalue weighted by Gasteiger charge is 2.22. The first-order valence-electron chi connectivity index (χ1n) is 7.15. The largest absolute Gasteiger partial charge is 0.492 e. The number of rotatable bonds is 7. The number of hydrogen-bond acceptors (Lipinski definition) is 3. The first kappa shape index (κ1) is 16.5. The molecule has 4 heteroatoms. The maximum Gasteiger partial charge on any atom is 0.239 e. The minimum absolute atomic E-state index is 0.0211. The lowest BCUT2D eigenvalue weighted by molar-refractivity contribution is -0.132. The molecule has 0 aliphatic heterocycles. The van der Waals surface area contributed by atoms with Gasteiger partial charge in [0.2, 0.25) is 5.91 Å². The lowest BCUT2D eigenvalue weighted by atomic mass is 9.99. The summed E-state index contributed by atoms with van der Waals surface area (Å²) in [5, 5.41) is 0. The molecule has 0 aliphatic rings. The predicted molar refractivity (Wildman–Crippen MR) is 81.7 cm³/mol. The Balaban J connectivity index is 2.39. The molecule has 2 unspecified atom stereocenters. The zero-order chi connectivity index (χ0) is 15.1. The van der Waals surface area contributed by atoms with Crippen LogP contribution in [0, 0.1) is 12.8 Å². The zero-order valence-corrected chi connectivity index (χ0v) is 12.9. The predicted octanol–water partition coefficient (Wildman–Crippen LogP) is 2.21. The monoisotopic (exact) mass is 278 g/mol. The molecule has 4 nitrogen and oxygen atoms in total. The first-order valence-corrected chi connectivity index (χ1v) is 7.15. The quantitative estimate of drug-likeness (QED) is 0.832. The molecule has 0 bridgehead atoms. The molecule has 0 aliphatic carbocycles. The molecule has 1 amide bonds. The Kier molecular flexibility index (Phi) is 6.52. The standard InChI is InChI=1S/C16H26N2O2/c1-5-13(3)15(17)16(19)18(4)9-10-20-14-8-6-7-12(2)11-14/h6-8,11,13,15H,5,9-10,17H2,1-4H3. The van der Waals surface area contributed by atoms with Crippen LogP contribution in [0.3, 0.4) is 0 Å². The van der Waals surface area contributed by atoms with Crippen LogP contribution in [0.25, 0.3) is 0 Å². The molecule has 0 spiro atoms. The Hall–Kier alpha value is -1.55. The van der Waals surface area contributed by atoms with E-state index in [1.807, 2.05) is 45.0 Å². The van der Waals surface area contributed by atoms with Gasteiger partial charge in [0, 0.05) is 7.05 Å². The van der Waals surface area contributed by atoms with Gasteiger partial charge in [0.25, 0.3) is 0 Å². The van der Waals surface area contributed by atoms with E-state index < -0.39 is 6.04 Å². The number of carbonyl (C=O) groups is 1. The summed E-state index contributed by atoms with van der Waals surface area (Å²) < 4.78 is 5.64. The maximum atomic E-state index is 12.1. The molecule has 1 rings (SSSR count). The number of likely N-dealkylation sites (N-methyl/N-ethyl adjacent to an activating group) is 1. The second-order valence-corrected chi connectivity index (χ2v) is 5.34. The highest BCUT2D eigenvalue weighted by molar-refractivity contribution is 5.81. The number of aryl methyl sites for hydroxylation is 1. The average Bonchev–Trinajstić information content (AvgIpc) is 2.44. The van der Waals surface area contributed by atoms with Crippen LogP contribution in [-0.4, -0.2) is 37.0 Å². The van der Waals surface area contributed by atoms with E-state index in [9.17, 15) is 4.79 Å². The van der Waals surface area contributed by atoms with Crippen LogP contribution in [0.5, 0.6) is 5.75 Å². The SMILES string of the molecule is CCC(C)C(N)C(=O)N(C)CCOc1cccc(C)c1. The number of nitrogens with two attached hydrogens (primary N) is 1. The lowest BCUT2D eigenvalue weighted by Gasteiger charge is -2.24. The van der Waals surface area contributed by atoms with E-state index in [2.05, 4.69) is 0 Å². The second-order valence-electron chi connectivity index (χ2n) is 5.34. The van der Waals surface area contributed by atoms with Crippen LogP contribution in [0.2, 0.25) is 0 Å². The van der Waals surface area contributed by atoms with Gasteiger partial charge in [0.1, 0.15) is 12.4 Å². The number of benzene rings is 1. The van der Waals surface area contributed by atoms with Gasteiger partial charge in [-0.3, -0.25) is 4.79 Å². The van der Waals surface area contributed by atoms with Crippen molar-refractivity contribution in [1.29, 1.82) is 0 Å². The van der Waals surface area contributed by atoms with Crippen LogP contribution < -0.4 is 10.5 Å². The molecule has 20 heavy (non-hydrogen) atoms. The van der Waals surface area contributed by atoms with E-state index in [1.54, 1.807) is 11.9 Å². The molecule has 1 aromatic rings. The maximum absolute atomic E-state index is 12.1. The van der Waals surface area contributed by atoms with Crippen LogP contribution in [-0.2, 0) is 4.79 Å². The van der Waals surface area contributed by atoms with Crippen LogP contribution in [0.15, 0.2) is 24.3 Å². The van der Waals surface area contributed by atoms with Crippen molar-refractivity contribution in [1.82, 2.24) is 4.90 Å². The van der Waals surface area contributed by atoms with Crippen LogP contribution >= 0.6 is 0 Å². The summed E-state index contributed by atoms with van der Waals surface area (Å²) in [6, 6.07) is 7.45. The first-order chi connectivity index (χ1) is 9.45. The summed E-state index contributed by atoms with van der Waals surface area (Å²) in [6.45, 7) is 7.07. The summed E-state index contributed by atoms with van der Waals surface area (Å²) in [6.07, 6.45) is 0.903. The Labute approximate surface area is 121 Å². The Morgan fingerprint density at radius 3 is 2.75 bits per heavy atom. The number of hydrogen-bond donors (Lipinski definition) is 1. The summed E-state index contributed by atoms with van der Waals surface area (Å²) in [5.74, 6) is 1.01. The molecule has 0 radical (unpaired) electrons. The van der Waals surface area contributed by atoms with Crippen molar-refractivity contribution in [2.24, 2.45) is 11.7 Å². The molecule has 1 aromatic carbocycles. The number of amides is 1. The minimum atomic E-state index is -0.427. The van der Waals surface area contributed by atoms with Crippen molar-refractivity contribution in [3.05, 3.63) is 29.8 Å². The van der Waals surface area contributed by atoms with E-state index in [1.165, 1.54) is 0 Å². The van der Waals surface area contributed by atoms with Gasteiger partial charge in [-0.25, -0.2) is 0 Å². The van der Waals surface area contributed by atoms with Crippen molar-refractivity contribution < 1.29 is 9.53 Å². The fraction of sp³-hybridized carbons (Fsp3) is 0.562. The smallest absolute Gasteiger partial charge is 0.239 e. The molecule has 0 fully saturated rings. The van der Waals surface area contributed by atoms with Crippen molar-refractivity contribution in [2.75, 3.05) is 20.2 Å². The third-order valence-electron chi connectivity index (χ3n) is 3.60. The van der Waals surface area contributed by atoms with E-state index in [0.717, 1.165) is 17.7 Å². The van der Waals surface area contributed by atoms with Gasteiger partial charge in [0.15, 0.2) is 0 Å². The van der Waals surface area contributed by atoms with Gasteiger partial charge >= 0.3 is 0 Å². The van der Waals surface area contributed by atoms with Gasteiger partial charge in [0.05, 0.1) is 12.6 Å². The van der Waals surface area contributed by atoms with Crippen LogP contribution in [0.4, 0.5) is 0 Å².